The lowest BCUT2D eigenvalue weighted by Gasteiger charge is -2.16. The molecule has 1 aliphatic rings. The summed E-state index contributed by atoms with van der Waals surface area (Å²) in [6.07, 6.45) is 5.81. The molecule has 0 bridgehead atoms. The predicted octanol–water partition coefficient (Wildman–Crippen LogP) is 2.70. The van der Waals surface area contributed by atoms with Crippen molar-refractivity contribution in [3.8, 4) is 11.1 Å². The van der Waals surface area contributed by atoms with E-state index >= 15 is 0 Å². The van der Waals surface area contributed by atoms with E-state index in [1.165, 1.54) is 18.0 Å². The molecule has 2 amide bonds. The van der Waals surface area contributed by atoms with Gasteiger partial charge in [-0.3, -0.25) is 9.59 Å². The number of carbonyl (C=O) groups is 2. The van der Waals surface area contributed by atoms with Crippen LogP contribution in [0.4, 0.5) is 5.69 Å². The standard InChI is InChI=1S/C23H26N4O2/c1-2-22(28)27-12-10-20-13-19(7-8-21(20)27)17-3-5-18(6-4-17)23(29)26-15-16(14-25)9-11-24/h3-9,11,13-14H,2,10,12,15,24-25H2,1H3,(H,26,29)/b11-9-,16-14+. The smallest absolute Gasteiger partial charge is 0.251 e. The number of benzene rings is 2. The third kappa shape index (κ3) is 4.48. The maximum Gasteiger partial charge on any atom is 0.251 e. The van der Waals surface area contributed by atoms with Gasteiger partial charge in [0.05, 0.1) is 0 Å². The van der Waals surface area contributed by atoms with Crippen molar-refractivity contribution in [2.24, 2.45) is 11.5 Å². The van der Waals surface area contributed by atoms with E-state index in [4.69, 9.17) is 11.5 Å². The van der Waals surface area contributed by atoms with E-state index in [2.05, 4.69) is 11.4 Å². The van der Waals surface area contributed by atoms with Crippen LogP contribution in [-0.2, 0) is 11.2 Å². The second kappa shape index (κ2) is 9.10. The molecule has 2 aromatic rings. The summed E-state index contributed by atoms with van der Waals surface area (Å²) in [4.78, 5) is 26.2. The molecule has 0 atom stereocenters. The fourth-order valence-corrected chi connectivity index (χ4v) is 3.43. The minimum Gasteiger partial charge on any atom is -0.405 e. The zero-order chi connectivity index (χ0) is 20.8. The third-order valence-electron chi connectivity index (χ3n) is 5.04. The molecule has 5 N–H and O–H groups in total. The number of hydrogen-bond donors (Lipinski definition) is 3. The van der Waals surface area contributed by atoms with Gasteiger partial charge in [0.2, 0.25) is 5.91 Å². The average Bonchev–Trinajstić information content (AvgIpc) is 3.19. The van der Waals surface area contributed by atoms with Gasteiger partial charge in [0.1, 0.15) is 0 Å². The second-order valence-electron chi connectivity index (χ2n) is 6.85. The van der Waals surface area contributed by atoms with Crippen molar-refractivity contribution in [1.82, 2.24) is 5.32 Å². The molecule has 0 aromatic heterocycles. The number of anilines is 1. The van der Waals surface area contributed by atoms with Gasteiger partial charge in [-0.05, 0) is 71.4 Å². The summed E-state index contributed by atoms with van der Waals surface area (Å²) in [6.45, 7) is 2.93. The largest absolute Gasteiger partial charge is 0.405 e. The van der Waals surface area contributed by atoms with Gasteiger partial charge < -0.3 is 21.7 Å². The quantitative estimate of drug-likeness (QED) is 0.660. The highest BCUT2D eigenvalue weighted by atomic mass is 16.2. The number of carbonyl (C=O) groups excluding carboxylic acids is 2. The first-order valence-electron chi connectivity index (χ1n) is 9.68. The van der Waals surface area contributed by atoms with Crippen molar-refractivity contribution in [1.29, 1.82) is 0 Å². The van der Waals surface area contributed by atoms with Gasteiger partial charge in [-0.1, -0.05) is 25.1 Å². The molecule has 0 radical (unpaired) electrons. The highest BCUT2D eigenvalue weighted by Gasteiger charge is 2.23. The van der Waals surface area contributed by atoms with Crippen molar-refractivity contribution >= 4 is 17.5 Å². The van der Waals surface area contributed by atoms with Crippen LogP contribution in [0.5, 0.6) is 0 Å². The lowest BCUT2D eigenvalue weighted by Crippen LogP contribution is -2.27. The van der Waals surface area contributed by atoms with Crippen LogP contribution >= 0.6 is 0 Å². The van der Waals surface area contributed by atoms with Gasteiger partial charge in [-0.2, -0.15) is 0 Å². The molecule has 0 saturated heterocycles. The van der Waals surface area contributed by atoms with E-state index in [9.17, 15) is 9.59 Å². The summed E-state index contributed by atoms with van der Waals surface area (Å²) in [5, 5.41) is 2.82. The molecule has 2 aromatic carbocycles. The maximum atomic E-state index is 12.3. The molecule has 29 heavy (non-hydrogen) atoms. The monoisotopic (exact) mass is 390 g/mol. The van der Waals surface area contributed by atoms with E-state index < -0.39 is 0 Å². The first-order chi connectivity index (χ1) is 14.1. The van der Waals surface area contributed by atoms with Crippen LogP contribution in [0.1, 0.15) is 29.3 Å². The van der Waals surface area contributed by atoms with Gasteiger partial charge >= 0.3 is 0 Å². The van der Waals surface area contributed by atoms with Crippen LogP contribution < -0.4 is 21.7 Å². The molecule has 150 valence electrons. The van der Waals surface area contributed by atoms with Crippen LogP contribution in [-0.4, -0.2) is 24.9 Å². The van der Waals surface area contributed by atoms with Crippen molar-refractivity contribution in [2.75, 3.05) is 18.0 Å². The van der Waals surface area contributed by atoms with E-state index in [0.717, 1.165) is 35.4 Å². The highest BCUT2D eigenvalue weighted by molar-refractivity contribution is 5.96. The normalized spacial score (nSPS) is 13.6. The summed E-state index contributed by atoms with van der Waals surface area (Å²) in [5.41, 5.74) is 16.4. The third-order valence-corrected chi connectivity index (χ3v) is 5.04. The van der Waals surface area contributed by atoms with Crippen LogP contribution in [0.3, 0.4) is 0 Å². The SMILES string of the molecule is CCC(=O)N1CCc2cc(-c3ccc(C(=O)NCC(/C=C\N)=C/N)cc3)ccc21. The molecule has 6 heteroatoms. The Morgan fingerprint density at radius 2 is 1.83 bits per heavy atom. The number of nitrogens with two attached hydrogens (primary N) is 2. The molecule has 0 spiro atoms. The van der Waals surface area contributed by atoms with Crippen molar-refractivity contribution in [3.63, 3.8) is 0 Å². The Labute approximate surface area is 170 Å². The molecular formula is C23H26N4O2. The molecule has 0 saturated carbocycles. The van der Waals surface area contributed by atoms with Crippen LogP contribution in [0.25, 0.3) is 11.1 Å². The van der Waals surface area contributed by atoms with Crippen LogP contribution in [0, 0.1) is 0 Å². The molecular weight excluding hydrogens is 364 g/mol. The Hall–Kier alpha value is -3.54. The summed E-state index contributed by atoms with van der Waals surface area (Å²) >= 11 is 0. The molecule has 1 heterocycles. The average molecular weight is 390 g/mol. The van der Waals surface area contributed by atoms with Gasteiger partial charge in [-0.25, -0.2) is 0 Å². The van der Waals surface area contributed by atoms with Crippen molar-refractivity contribution < 1.29 is 9.59 Å². The molecule has 6 nitrogen and oxygen atoms in total. The zero-order valence-electron chi connectivity index (χ0n) is 16.5. The molecule has 0 unspecified atom stereocenters. The van der Waals surface area contributed by atoms with E-state index in [0.29, 0.717) is 18.5 Å². The zero-order valence-corrected chi connectivity index (χ0v) is 16.5. The predicted molar refractivity (Wildman–Crippen MR) is 116 cm³/mol. The van der Waals surface area contributed by atoms with Crippen molar-refractivity contribution in [2.45, 2.75) is 19.8 Å². The Balaban J connectivity index is 1.71. The topological polar surface area (TPSA) is 101 Å². The summed E-state index contributed by atoms with van der Waals surface area (Å²) in [6, 6.07) is 13.6. The lowest BCUT2D eigenvalue weighted by atomic mass is 10.0. The highest BCUT2D eigenvalue weighted by Crippen LogP contribution is 2.32. The van der Waals surface area contributed by atoms with Gasteiger partial charge in [-0.15, -0.1) is 0 Å². The number of nitrogens with one attached hydrogen (secondary N) is 1. The maximum absolute atomic E-state index is 12.3. The summed E-state index contributed by atoms with van der Waals surface area (Å²) in [7, 11) is 0. The Kier molecular flexibility index (Phi) is 6.34. The molecule has 1 aliphatic heterocycles. The van der Waals surface area contributed by atoms with E-state index in [1.807, 2.05) is 36.1 Å². The first-order valence-corrected chi connectivity index (χ1v) is 9.68. The molecule has 0 aliphatic carbocycles. The van der Waals surface area contributed by atoms with Gasteiger partial charge in [0, 0.05) is 30.8 Å². The van der Waals surface area contributed by atoms with Crippen LogP contribution in [0.2, 0.25) is 0 Å². The van der Waals surface area contributed by atoms with Crippen molar-refractivity contribution in [3.05, 3.63) is 77.6 Å². The Bertz CT molecular complexity index is 961. The Morgan fingerprint density at radius 3 is 2.48 bits per heavy atom. The minimum atomic E-state index is -0.177. The Morgan fingerprint density at radius 1 is 1.10 bits per heavy atom. The molecule has 3 rings (SSSR count). The number of fused-ring (bicyclic) bond motifs is 1. The fraction of sp³-hybridized carbons (Fsp3) is 0.217. The second-order valence-corrected chi connectivity index (χ2v) is 6.85. The summed E-state index contributed by atoms with van der Waals surface area (Å²) in [5.74, 6) is -0.0227. The van der Waals surface area contributed by atoms with Gasteiger partial charge in [0.25, 0.3) is 5.91 Å². The minimum absolute atomic E-state index is 0.154. The number of rotatable bonds is 6. The van der Waals surface area contributed by atoms with E-state index in [-0.39, 0.29) is 11.8 Å². The number of hydrogen-bond acceptors (Lipinski definition) is 4. The fourth-order valence-electron chi connectivity index (χ4n) is 3.43. The lowest BCUT2D eigenvalue weighted by molar-refractivity contribution is -0.118. The van der Waals surface area contributed by atoms with Crippen LogP contribution in [0.15, 0.2) is 66.5 Å². The number of nitrogens with zero attached hydrogens (tertiary/aromatic N) is 1. The molecule has 0 fully saturated rings. The first kappa shape index (κ1) is 20.2. The van der Waals surface area contributed by atoms with Gasteiger partial charge in [0.15, 0.2) is 0 Å². The summed E-state index contributed by atoms with van der Waals surface area (Å²) < 4.78 is 0. The number of amides is 2. The van der Waals surface area contributed by atoms with E-state index in [1.54, 1.807) is 18.2 Å².